The van der Waals surface area contributed by atoms with Gasteiger partial charge >= 0.3 is 0 Å². The first kappa shape index (κ1) is 16.9. The number of hydrogen-bond donors (Lipinski definition) is 1. The standard InChI is InChI=1S/C14H12F3NO4S/c1-21-8-3-5-10(11(7-8)22-2)18-23(19,20)12-6-4-9(15)13(16)14(12)17/h3-7,18H,1-2H3. The van der Waals surface area contributed by atoms with Crippen molar-refractivity contribution in [1.82, 2.24) is 0 Å². The number of nitrogens with one attached hydrogen (secondary N) is 1. The summed E-state index contributed by atoms with van der Waals surface area (Å²) in [5.41, 5.74) is -0.0163. The van der Waals surface area contributed by atoms with Crippen LogP contribution in [0.5, 0.6) is 11.5 Å². The van der Waals surface area contributed by atoms with E-state index in [9.17, 15) is 21.6 Å². The van der Waals surface area contributed by atoms with Gasteiger partial charge in [0.15, 0.2) is 17.5 Å². The lowest BCUT2D eigenvalue weighted by molar-refractivity contribution is 0.395. The molecule has 23 heavy (non-hydrogen) atoms. The first-order chi connectivity index (χ1) is 10.8. The molecule has 0 bridgehead atoms. The van der Waals surface area contributed by atoms with Crippen LogP contribution in [0.4, 0.5) is 18.9 Å². The molecule has 0 heterocycles. The van der Waals surface area contributed by atoms with E-state index in [1.807, 2.05) is 0 Å². The molecule has 0 aliphatic heterocycles. The fourth-order valence-electron chi connectivity index (χ4n) is 1.80. The van der Waals surface area contributed by atoms with E-state index in [2.05, 4.69) is 4.72 Å². The molecule has 2 aromatic carbocycles. The van der Waals surface area contributed by atoms with E-state index in [0.29, 0.717) is 17.9 Å². The minimum atomic E-state index is -4.49. The van der Waals surface area contributed by atoms with Crippen molar-refractivity contribution < 1.29 is 31.1 Å². The first-order valence-electron chi connectivity index (χ1n) is 6.18. The summed E-state index contributed by atoms with van der Waals surface area (Å²) in [4.78, 5) is -1.02. The summed E-state index contributed by atoms with van der Waals surface area (Å²) in [5, 5.41) is 0. The van der Waals surface area contributed by atoms with E-state index >= 15 is 0 Å². The van der Waals surface area contributed by atoms with Gasteiger partial charge in [-0.15, -0.1) is 0 Å². The molecule has 1 N–H and O–H groups in total. The van der Waals surface area contributed by atoms with Crippen LogP contribution in [0.1, 0.15) is 0 Å². The monoisotopic (exact) mass is 347 g/mol. The molecule has 0 radical (unpaired) electrons. The maximum absolute atomic E-state index is 13.7. The van der Waals surface area contributed by atoms with Gasteiger partial charge in [-0.05, 0) is 24.3 Å². The Labute approximate surface area is 130 Å². The number of sulfonamides is 1. The van der Waals surface area contributed by atoms with Gasteiger partial charge in [0.1, 0.15) is 16.4 Å². The minimum absolute atomic E-state index is 0.0163. The fourth-order valence-corrected chi connectivity index (χ4v) is 2.94. The van der Waals surface area contributed by atoms with E-state index in [4.69, 9.17) is 9.47 Å². The van der Waals surface area contributed by atoms with Crippen LogP contribution in [0.25, 0.3) is 0 Å². The molecule has 2 aromatic rings. The van der Waals surface area contributed by atoms with Crippen LogP contribution in [0, 0.1) is 17.5 Å². The number of anilines is 1. The van der Waals surface area contributed by atoms with Gasteiger partial charge in [-0.2, -0.15) is 0 Å². The second kappa shape index (κ2) is 6.37. The molecule has 0 saturated heterocycles. The molecule has 2 rings (SSSR count). The van der Waals surface area contributed by atoms with Crippen molar-refractivity contribution in [3.8, 4) is 11.5 Å². The van der Waals surface area contributed by atoms with Gasteiger partial charge < -0.3 is 9.47 Å². The molecule has 0 aliphatic rings. The third-order valence-corrected chi connectivity index (χ3v) is 4.33. The fraction of sp³-hybridized carbons (Fsp3) is 0.143. The quantitative estimate of drug-likeness (QED) is 0.845. The molecule has 124 valence electrons. The molecule has 0 aromatic heterocycles. The molecule has 0 fully saturated rings. The number of halogens is 3. The van der Waals surface area contributed by atoms with Crippen LogP contribution in [-0.2, 0) is 10.0 Å². The van der Waals surface area contributed by atoms with E-state index in [0.717, 1.165) is 0 Å². The van der Waals surface area contributed by atoms with Crippen LogP contribution in [0.15, 0.2) is 35.2 Å². The summed E-state index contributed by atoms with van der Waals surface area (Å²) in [7, 11) is -1.78. The smallest absolute Gasteiger partial charge is 0.265 e. The number of ether oxygens (including phenoxy) is 2. The third kappa shape index (κ3) is 3.34. The molecule has 0 unspecified atom stereocenters. The highest BCUT2D eigenvalue weighted by Gasteiger charge is 2.25. The Balaban J connectivity index is 2.45. The van der Waals surface area contributed by atoms with Crippen molar-refractivity contribution in [1.29, 1.82) is 0 Å². The van der Waals surface area contributed by atoms with E-state index in [1.165, 1.54) is 32.4 Å². The van der Waals surface area contributed by atoms with Crippen molar-refractivity contribution in [2.75, 3.05) is 18.9 Å². The molecular formula is C14H12F3NO4S. The van der Waals surface area contributed by atoms with E-state index in [1.54, 1.807) is 0 Å². The van der Waals surface area contributed by atoms with Crippen molar-refractivity contribution in [2.24, 2.45) is 0 Å². The van der Waals surface area contributed by atoms with E-state index < -0.39 is 32.4 Å². The molecular weight excluding hydrogens is 335 g/mol. The Bertz CT molecular complexity index is 840. The lowest BCUT2D eigenvalue weighted by Gasteiger charge is -2.13. The summed E-state index contributed by atoms with van der Waals surface area (Å²) in [6.45, 7) is 0. The van der Waals surface area contributed by atoms with Crippen LogP contribution >= 0.6 is 0 Å². The zero-order chi connectivity index (χ0) is 17.2. The number of methoxy groups -OCH3 is 2. The topological polar surface area (TPSA) is 64.6 Å². The summed E-state index contributed by atoms with van der Waals surface area (Å²) in [6.07, 6.45) is 0. The predicted octanol–water partition coefficient (Wildman–Crippen LogP) is 2.92. The Hall–Kier alpha value is -2.42. The SMILES string of the molecule is COc1ccc(NS(=O)(=O)c2ccc(F)c(F)c2F)c(OC)c1. The number of hydrogen-bond acceptors (Lipinski definition) is 4. The van der Waals surface area contributed by atoms with Crippen molar-refractivity contribution >= 4 is 15.7 Å². The van der Waals surface area contributed by atoms with Crippen LogP contribution < -0.4 is 14.2 Å². The van der Waals surface area contributed by atoms with Crippen LogP contribution in [0.3, 0.4) is 0 Å². The van der Waals surface area contributed by atoms with Crippen LogP contribution in [0.2, 0.25) is 0 Å². The van der Waals surface area contributed by atoms with Gasteiger partial charge in [0.25, 0.3) is 10.0 Å². The zero-order valence-corrected chi connectivity index (χ0v) is 12.9. The Morgan fingerprint density at radius 3 is 2.26 bits per heavy atom. The second-order valence-corrected chi connectivity index (χ2v) is 6.00. The zero-order valence-electron chi connectivity index (χ0n) is 12.1. The average Bonchev–Trinajstić information content (AvgIpc) is 2.52. The second-order valence-electron chi connectivity index (χ2n) is 4.35. The lowest BCUT2D eigenvalue weighted by atomic mass is 10.3. The van der Waals surface area contributed by atoms with Crippen molar-refractivity contribution in [3.63, 3.8) is 0 Å². The van der Waals surface area contributed by atoms with Gasteiger partial charge in [-0.25, -0.2) is 21.6 Å². The van der Waals surface area contributed by atoms with E-state index in [-0.39, 0.29) is 11.4 Å². The molecule has 0 amide bonds. The van der Waals surface area contributed by atoms with Crippen molar-refractivity contribution in [2.45, 2.75) is 4.90 Å². The lowest BCUT2D eigenvalue weighted by Crippen LogP contribution is -2.16. The maximum atomic E-state index is 13.7. The molecule has 9 heteroatoms. The molecule has 0 atom stereocenters. The largest absolute Gasteiger partial charge is 0.497 e. The predicted molar refractivity (Wildman–Crippen MR) is 76.7 cm³/mol. The number of rotatable bonds is 5. The van der Waals surface area contributed by atoms with Crippen LogP contribution in [-0.4, -0.2) is 22.6 Å². The van der Waals surface area contributed by atoms with Gasteiger partial charge in [-0.1, -0.05) is 0 Å². The normalized spacial score (nSPS) is 11.2. The van der Waals surface area contributed by atoms with Gasteiger partial charge in [0.2, 0.25) is 0 Å². The summed E-state index contributed by atoms with van der Waals surface area (Å²) in [5.74, 6) is -4.64. The highest BCUT2D eigenvalue weighted by Crippen LogP contribution is 2.31. The molecule has 0 aliphatic carbocycles. The van der Waals surface area contributed by atoms with Gasteiger partial charge in [0.05, 0.1) is 19.9 Å². The maximum Gasteiger partial charge on any atom is 0.265 e. The number of benzene rings is 2. The Morgan fingerprint density at radius 1 is 0.957 bits per heavy atom. The van der Waals surface area contributed by atoms with Gasteiger partial charge in [0, 0.05) is 6.07 Å². The Morgan fingerprint density at radius 2 is 1.65 bits per heavy atom. The minimum Gasteiger partial charge on any atom is -0.497 e. The molecule has 5 nitrogen and oxygen atoms in total. The first-order valence-corrected chi connectivity index (χ1v) is 7.67. The highest BCUT2D eigenvalue weighted by molar-refractivity contribution is 7.92. The summed E-state index contributed by atoms with van der Waals surface area (Å²) < 4.78 is 76.2. The summed E-state index contributed by atoms with van der Waals surface area (Å²) in [6, 6.07) is 5.33. The van der Waals surface area contributed by atoms with Crippen molar-refractivity contribution in [3.05, 3.63) is 47.8 Å². The Kier molecular flexibility index (Phi) is 4.69. The molecule has 0 spiro atoms. The average molecular weight is 347 g/mol. The molecule has 0 saturated carbocycles. The highest BCUT2D eigenvalue weighted by atomic mass is 32.2. The third-order valence-electron chi connectivity index (χ3n) is 2.94. The van der Waals surface area contributed by atoms with Gasteiger partial charge in [-0.3, -0.25) is 4.72 Å². The summed E-state index contributed by atoms with van der Waals surface area (Å²) >= 11 is 0.